The van der Waals surface area contributed by atoms with E-state index in [1.807, 2.05) is 24.3 Å². The monoisotopic (exact) mass is 290 g/mol. The van der Waals surface area contributed by atoms with Gasteiger partial charge in [0.2, 0.25) is 5.91 Å². The van der Waals surface area contributed by atoms with Crippen LogP contribution in [0.2, 0.25) is 5.02 Å². The summed E-state index contributed by atoms with van der Waals surface area (Å²) in [6, 6.07) is 12.4. The maximum Gasteiger partial charge on any atom is 0.221 e. The second-order valence-corrected chi connectivity index (χ2v) is 4.84. The van der Waals surface area contributed by atoms with Crippen molar-refractivity contribution >= 4 is 23.2 Å². The van der Waals surface area contributed by atoms with Crippen LogP contribution in [0.4, 0.5) is 5.69 Å². The van der Waals surface area contributed by atoms with Gasteiger partial charge in [-0.05, 0) is 29.8 Å². The number of amides is 1. The summed E-state index contributed by atoms with van der Waals surface area (Å²) in [6.07, 6.45) is 0.228. The van der Waals surface area contributed by atoms with E-state index in [1.165, 1.54) is 0 Å². The average molecular weight is 291 g/mol. The molecular weight excluding hydrogens is 276 g/mol. The normalized spacial score (nSPS) is 10.2. The first-order valence-corrected chi connectivity index (χ1v) is 6.51. The standard InChI is InChI=1S/C15H15ClN2O2/c16-13-2-1-3-14(19)12(13)9-18-11-6-4-10(5-7-11)8-15(17)20/h1-7,18-19H,8-9H2,(H2,17,20). The number of nitrogens with one attached hydrogen (secondary N) is 1. The van der Waals surface area contributed by atoms with Crippen LogP contribution in [-0.2, 0) is 17.8 Å². The van der Waals surface area contributed by atoms with Crippen LogP contribution in [0.15, 0.2) is 42.5 Å². The highest BCUT2D eigenvalue weighted by molar-refractivity contribution is 6.31. The molecule has 0 aliphatic carbocycles. The highest BCUT2D eigenvalue weighted by Crippen LogP contribution is 2.26. The molecule has 2 aromatic carbocycles. The molecule has 0 spiro atoms. The number of rotatable bonds is 5. The number of hydrogen-bond donors (Lipinski definition) is 3. The van der Waals surface area contributed by atoms with Crippen molar-refractivity contribution in [2.45, 2.75) is 13.0 Å². The Labute approximate surface area is 122 Å². The molecule has 4 nitrogen and oxygen atoms in total. The van der Waals surface area contributed by atoms with Gasteiger partial charge in [0.25, 0.3) is 0 Å². The molecule has 0 unspecified atom stereocenters. The summed E-state index contributed by atoms with van der Waals surface area (Å²) in [5.74, 6) is -0.193. The Morgan fingerprint density at radius 3 is 2.50 bits per heavy atom. The van der Waals surface area contributed by atoms with E-state index < -0.39 is 0 Å². The molecule has 2 rings (SSSR count). The summed E-state index contributed by atoms with van der Waals surface area (Å²) in [5.41, 5.74) is 7.52. The summed E-state index contributed by atoms with van der Waals surface area (Å²) in [6.45, 7) is 0.417. The zero-order valence-electron chi connectivity index (χ0n) is 10.8. The van der Waals surface area contributed by atoms with E-state index in [2.05, 4.69) is 5.32 Å². The molecule has 0 aliphatic rings. The fourth-order valence-corrected chi connectivity index (χ4v) is 2.09. The van der Waals surface area contributed by atoms with Gasteiger partial charge in [-0.3, -0.25) is 4.79 Å². The van der Waals surface area contributed by atoms with Crippen LogP contribution in [0.3, 0.4) is 0 Å². The van der Waals surface area contributed by atoms with Gasteiger partial charge in [-0.15, -0.1) is 0 Å². The van der Waals surface area contributed by atoms with Crippen LogP contribution in [0, 0.1) is 0 Å². The van der Waals surface area contributed by atoms with Gasteiger partial charge in [0.05, 0.1) is 6.42 Å². The summed E-state index contributed by atoms with van der Waals surface area (Å²) in [4.78, 5) is 10.8. The van der Waals surface area contributed by atoms with Crippen LogP contribution < -0.4 is 11.1 Å². The van der Waals surface area contributed by atoms with E-state index in [0.29, 0.717) is 17.1 Å². The van der Waals surface area contributed by atoms with E-state index in [-0.39, 0.29) is 18.1 Å². The predicted octanol–water partition coefficient (Wildman–Crippen LogP) is 2.69. The first kappa shape index (κ1) is 14.2. The molecule has 0 bridgehead atoms. The molecule has 4 N–H and O–H groups in total. The van der Waals surface area contributed by atoms with Crippen LogP contribution >= 0.6 is 11.6 Å². The summed E-state index contributed by atoms with van der Waals surface area (Å²) >= 11 is 6.03. The molecule has 0 saturated heterocycles. The lowest BCUT2D eigenvalue weighted by molar-refractivity contribution is -0.117. The lowest BCUT2D eigenvalue weighted by atomic mass is 10.1. The van der Waals surface area contributed by atoms with E-state index in [0.717, 1.165) is 11.3 Å². The Morgan fingerprint density at radius 1 is 1.20 bits per heavy atom. The number of benzene rings is 2. The van der Waals surface area contributed by atoms with Crippen molar-refractivity contribution < 1.29 is 9.90 Å². The lowest BCUT2D eigenvalue weighted by Crippen LogP contribution is -2.13. The van der Waals surface area contributed by atoms with E-state index in [4.69, 9.17) is 17.3 Å². The van der Waals surface area contributed by atoms with Gasteiger partial charge >= 0.3 is 0 Å². The SMILES string of the molecule is NC(=O)Cc1ccc(NCc2c(O)cccc2Cl)cc1. The van der Waals surface area contributed by atoms with Crippen LogP contribution in [0.5, 0.6) is 5.75 Å². The molecule has 2 aromatic rings. The van der Waals surface area contributed by atoms with Crippen LogP contribution in [-0.4, -0.2) is 11.0 Å². The zero-order chi connectivity index (χ0) is 14.5. The Morgan fingerprint density at radius 2 is 1.90 bits per heavy atom. The lowest BCUT2D eigenvalue weighted by Gasteiger charge is -2.10. The molecule has 0 atom stereocenters. The highest BCUT2D eigenvalue weighted by Gasteiger charge is 2.05. The van der Waals surface area contributed by atoms with Crippen molar-refractivity contribution in [1.29, 1.82) is 0 Å². The molecular formula is C15H15ClN2O2. The van der Waals surface area contributed by atoms with Crippen molar-refractivity contribution in [3.8, 4) is 5.75 Å². The summed E-state index contributed by atoms with van der Waals surface area (Å²) < 4.78 is 0. The average Bonchev–Trinajstić information content (AvgIpc) is 2.39. The number of nitrogens with two attached hydrogens (primary N) is 1. The Balaban J connectivity index is 2.02. The molecule has 0 saturated carbocycles. The Hall–Kier alpha value is -2.20. The minimum atomic E-state index is -0.355. The quantitative estimate of drug-likeness (QED) is 0.792. The Kier molecular flexibility index (Phi) is 4.48. The number of phenols is 1. The van der Waals surface area contributed by atoms with Crippen molar-refractivity contribution in [2.24, 2.45) is 5.73 Å². The van der Waals surface area contributed by atoms with Gasteiger partial charge in [-0.2, -0.15) is 0 Å². The van der Waals surface area contributed by atoms with Gasteiger partial charge in [0, 0.05) is 22.8 Å². The topological polar surface area (TPSA) is 75.4 Å². The van der Waals surface area contributed by atoms with Crippen LogP contribution in [0.1, 0.15) is 11.1 Å². The minimum absolute atomic E-state index is 0.162. The molecule has 0 aliphatic heterocycles. The third-order valence-corrected chi connectivity index (χ3v) is 3.25. The number of aromatic hydroxyl groups is 1. The maximum atomic E-state index is 10.8. The van der Waals surface area contributed by atoms with Crippen LogP contribution in [0.25, 0.3) is 0 Å². The van der Waals surface area contributed by atoms with Gasteiger partial charge in [0.15, 0.2) is 0 Å². The first-order valence-electron chi connectivity index (χ1n) is 6.13. The number of halogens is 1. The van der Waals surface area contributed by atoms with Crippen molar-refractivity contribution in [3.05, 3.63) is 58.6 Å². The number of phenolic OH excluding ortho intramolecular Hbond substituents is 1. The van der Waals surface area contributed by atoms with Crippen molar-refractivity contribution in [3.63, 3.8) is 0 Å². The molecule has 0 fully saturated rings. The predicted molar refractivity (Wildman–Crippen MR) is 79.8 cm³/mol. The molecule has 0 aromatic heterocycles. The highest BCUT2D eigenvalue weighted by atomic mass is 35.5. The van der Waals surface area contributed by atoms with Gasteiger partial charge in [-0.1, -0.05) is 29.8 Å². The number of primary amides is 1. The van der Waals surface area contributed by atoms with Gasteiger partial charge in [0.1, 0.15) is 5.75 Å². The second kappa shape index (κ2) is 6.30. The Bertz CT molecular complexity index is 592. The second-order valence-electron chi connectivity index (χ2n) is 4.43. The fourth-order valence-electron chi connectivity index (χ4n) is 1.85. The van der Waals surface area contributed by atoms with Crippen molar-refractivity contribution in [2.75, 3.05) is 5.32 Å². The zero-order valence-corrected chi connectivity index (χ0v) is 11.5. The number of hydrogen-bond acceptors (Lipinski definition) is 3. The fraction of sp³-hybridized carbons (Fsp3) is 0.133. The smallest absolute Gasteiger partial charge is 0.221 e. The summed E-state index contributed by atoms with van der Waals surface area (Å²) in [7, 11) is 0. The number of carbonyl (C=O) groups excluding carboxylic acids is 1. The molecule has 0 heterocycles. The van der Waals surface area contributed by atoms with Gasteiger partial charge in [-0.25, -0.2) is 0 Å². The summed E-state index contributed by atoms with van der Waals surface area (Å²) in [5, 5.41) is 13.4. The number of anilines is 1. The van der Waals surface area contributed by atoms with Crippen molar-refractivity contribution in [1.82, 2.24) is 0 Å². The van der Waals surface area contributed by atoms with E-state index in [9.17, 15) is 9.90 Å². The molecule has 20 heavy (non-hydrogen) atoms. The molecule has 0 radical (unpaired) electrons. The largest absolute Gasteiger partial charge is 0.508 e. The molecule has 5 heteroatoms. The van der Waals surface area contributed by atoms with E-state index >= 15 is 0 Å². The third kappa shape index (κ3) is 3.65. The first-order chi connectivity index (χ1) is 9.56. The third-order valence-electron chi connectivity index (χ3n) is 2.90. The van der Waals surface area contributed by atoms with E-state index in [1.54, 1.807) is 18.2 Å². The number of carbonyl (C=O) groups is 1. The maximum absolute atomic E-state index is 10.8. The molecule has 1 amide bonds. The minimum Gasteiger partial charge on any atom is -0.508 e. The molecule has 104 valence electrons. The van der Waals surface area contributed by atoms with Gasteiger partial charge < -0.3 is 16.2 Å².